The van der Waals surface area contributed by atoms with E-state index in [0.29, 0.717) is 12.3 Å². The van der Waals surface area contributed by atoms with E-state index in [-0.39, 0.29) is 23.9 Å². The monoisotopic (exact) mass is 407 g/mol. The first-order valence-corrected chi connectivity index (χ1v) is 10.1. The van der Waals surface area contributed by atoms with E-state index in [4.69, 9.17) is 9.47 Å². The number of anilines is 1. The van der Waals surface area contributed by atoms with E-state index in [1.165, 1.54) is 19.3 Å². The lowest BCUT2D eigenvalue weighted by Gasteiger charge is -2.18. The molecule has 0 spiro atoms. The topological polar surface area (TPSA) is 97.8 Å². The third-order valence-electron chi connectivity index (χ3n) is 4.12. The maximum absolute atomic E-state index is 12.7. The van der Waals surface area contributed by atoms with Gasteiger partial charge in [-0.15, -0.1) is 0 Å². The number of likely N-dealkylation sites (N-methyl/N-ethyl adjacent to an activating group) is 1. The van der Waals surface area contributed by atoms with Crippen LogP contribution >= 0.6 is 0 Å². The van der Waals surface area contributed by atoms with Gasteiger partial charge in [-0.3, -0.25) is 4.79 Å². The first kappa shape index (κ1) is 21.8. The highest BCUT2D eigenvalue weighted by atomic mass is 32.2. The van der Waals surface area contributed by atoms with Crippen molar-refractivity contribution in [2.75, 3.05) is 39.2 Å². The van der Waals surface area contributed by atoms with Gasteiger partial charge in [0.25, 0.3) is 0 Å². The molecular formula is C19H25N3O5S. The van der Waals surface area contributed by atoms with Gasteiger partial charge in [-0.05, 0) is 49.2 Å². The molecule has 9 heteroatoms. The predicted octanol–water partition coefficient (Wildman–Crippen LogP) is 1.98. The van der Waals surface area contributed by atoms with Gasteiger partial charge in [0.15, 0.2) is 0 Å². The zero-order valence-corrected chi connectivity index (χ0v) is 17.2. The van der Waals surface area contributed by atoms with E-state index in [1.54, 1.807) is 31.4 Å². The van der Waals surface area contributed by atoms with E-state index < -0.39 is 15.9 Å². The second-order valence-corrected chi connectivity index (χ2v) is 8.30. The average Bonchev–Trinajstić information content (AvgIpc) is 2.65. The Hall–Kier alpha value is -2.49. The van der Waals surface area contributed by atoms with Crippen LogP contribution in [0.5, 0.6) is 5.88 Å². The fraction of sp³-hybridized carbons (Fsp3) is 0.368. The number of pyridine rings is 1. The summed E-state index contributed by atoms with van der Waals surface area (Å²) in [7, 11) is -0.868. The summed E-state index contributed by atoms with van der Waals surface area (Å²) in [6, 6.07) is 8.16. The average molecular weight is 407 g/mol. The van der Waals surface area contributed by atoms with Gasteiger partial charge in [0, 0.05) is 20.4 Å². The standard InChI is InChI=1S/C19H25N3O5S/c1-14-7-8-16(12-15(14)2)28(24,25)22(3)13-18(23)21-17-6-5-9-20-19(17)27-11-10-26-4/h5-9,12H,10-11,13H2,1-4H3,(H,21,23). The van der Waals surface area contributed by atoms with Gasteiger partial charge in [-0.1, -0.05) is 6.07 Å². The molecule has 0 aliphatic heterocycles. The minimum absolute atomic E-state index is 0.149. The highest BCUT2D eigenvalue weighted by Crippen LogP contribution is 2.21. The molecule has 1 heterocycles. The number of methoxy groups -OCH3 is 1. The van der Waals surface area contributed by atoms with Crippen molar-refractivity contribution in [1.29, 1.82) is 0 Å². The molecule has 0 aliphatic carbocycles. The Labute approximate surface area is 165 Å². The summed E-state index contributed by atoms with van der Waals surface area (Å²) in [5.41, 5.74) is 2.23. The molecule has 0 saturated carbocycles. The summed E-state index contributed by atoms with van der Waals surface area (Å²) in [6.45, 7) is 4.05. The van der Waals surface area contributed by atoms with E-state index in [1.807, 2.05) is 13.8 Å². The Kier molecular flexibility index (Phi) is 7.50. The van der Waals surface area contributed by atoms with Gasteiger partial charge >= 0.3 is 0 Å². The molecule has 1 amide bonds. The Morgan fingerprint density at radius 1 is 1.18 bits per heavy atom. The number of carbonyl (C=O) groups excluding carboxylic acids is 1. The molecule has 152 valence electrons. The summed E-state index contributed by atoms with van der Waals surface area (Å²) >= 11 is 0. The molecule has 0 atom stereocenters. The van der Waals surface area contributed by atoms with Crippen LogP contribution in [0.25, 0.3) is 0 Å². The number of amides is 1. The number of aromatic nitrogens is 1. The van der Waals surface area contributed by atoms with Crippen LogP contribution in [0.1, 0.15) is 11.1 Å². The SMILES string of the molecule is COCCOc1ncccc1NC(=O)CN(C)S(=O)(=O)c1ccc(C)c(C)c1. The predicted molar refractivity (Wildman–Crippen MR) is 106 cm³/mol. The van der Waals surface area contributed by atoms with Crippen molar-refractivity contribution in [3.05, 3.63) is 47.7 Å². The number of aryl methyl sites for hydroxylation is 2. The summed E-state index contributed by atoms with van der Waals surface area (Å²) < 4.78 is 36.8. The number of hydrogen-bond donors (Lipinski definition) is 1. The van der Waals surface area contributed by atoms with E-state index in [9.17, 15) is 13.2 Å². The number of ether oxygens (including phenoxy) is 2. The van der Waals surface area contributed by atoms with Crippen molar-refractivity contribution in [3.63, 3.8) is 0 Å². The highest BCUT2D eigenvalue weighted by molar-refractivity contribution is 7.89. The summed E-state index contributed by atoms with van der Waals surface area (Å²) in [5, 5.41) is 2.64. The Balaban J connectivity index is 2.07. The van der Waals surface area contributed by atoms with Crippen LogP contribution in [0.15, 0.2) is 41.4 Å². The van der Waals surface area contributed by atoms with Gasteiger partial charge in [-0.2, -0.15) is 4.31 Å². The number of carbonyl (C=O) groups is 1. The maximum atomic E-state index is 12.7. The molecule has 0 aliphatic rings. The molecule has 2 aromatic rings. The second kappa shape index (κ2) is 9.63. The van der Waals surface area contributed by atoms with Crippen LogP contribution in [0.3, 0.4) is 0 Å². The fourth-order valence-electron chi connectivity index (χ4n) is 2.35. The van der Waals surface area contributed by atoms with Crippen molar-refractivity contribution in [3.8, 4) is 5.88 Å². The minimum Gasteiger partial charge on any atom is -0.474 e. The van der Waals surface area contributed by atoms with Crippen LogP contribution in [0.2, 0.25) is 0 Å². The van der Waals surface area contributed by atoms with Gasteiger partial charge in [0.05, 0.1) is 18.0 Å². The van der Waals surface area contributed by atoms with E-state index in [0.717, 1.165) is 15.4 Å². The van der Waals surface area contributed by atoms with Crippen molar-refractivity contribution in [2.45, 2.75) is 18.7 Å². The molecule has 2 rings (SSSR count). The number of nitrogens with zero attached hydrogens (tertiary/aromatic N) is 2. The quantitative estimate of drug-likeness (QED) is 0.639. The summed E-state index contributed by atoms with van der Waals surface area (Å²) in [4.78, 5) is 16.6. The second-order valence-electron chi connectivity index (χ2n) is 6.25. The van der Waals surface area contributed by atoms with Crippen molar-refractivity contribution < 1.29 is 22.7 Å². The maximum Gasteiger partial charge on any atom is 0.243 e. The van der Waals surface area contributed by atoms with Crippen LogP contribution in [0.4, 0.5) is 5.69 Å². The number of nitrogens with one attached hydrogen (secondary N) is 1. The molecule has 8 nitrogen and oxygen atoms in total. The van der Waals surface area contributed by atoms with Crippen molar-refractivity contribution >= 4 is 21.6 Å². The summed E-state index contributed by atoms with van der Waals surface area (Å²) in [6.07, 6.45) is 1.54. The molecule has 0 saturated heterocycles. The van der Waals surface area contributed by atoms with E-state index in [2.05, 4.69) is 10.3 Å². The van der Waals surface area contributed by atoms with Crippen LogP contribution in [-0.4, -0.2) is 57.5 Å². The smallest absolute Gasteiger partial charge is 0.243 e. The highest BCUT2D eigenvalue weighted by Gasteiger charge is 2.23. The van der Waals surface area contributed by atoms with Crippen LogP contribution in [0, 0.1) is 13.8 Å². The molecule has 0 radical (unpaired) electrons. The lowest BCUT2D eigenvalue weighted by Crippen LogP contribution is -2.35. The number of sulfonamides is 1. The van der Waals surface area contributed by atoms with Crippen LogP contribution in [-0.2, 0) is 19.6 Å². The normalized spacial score (nSPS) is 11.5. The minimum atomic E-state index is -3.78. The zero-order valence-electron chi connectivity index (χ0n) is 16.4. The largest absolute Gasteiger partial charge is 0.474 e. The van der Waals surface area contributed by atoms with Gasteiger partial charge < -0.3 is 14.8 Å². The molecule has 0 unspecified atom stereocenters. The third-order valence-corrected chi connectivity index (χ3v) is 5.92. The number of rotatable bonds is 9. The number of benzene rings is 1. The van der Waals surface area contributed by atoms with Gasteiger partial charge in [0.2, 0.25) is 21.8 Å². The molecule has 0 bridgehead atoms. The lowest BCUT2D eigenvalue weighted by molar-refractivity contribution is -0.116. The lowest BCUT2D eigenvalue weighted by atomic mass is 10.1. The van der Waals surface area contributed by atoms with Gasteiger partial charge in [-0.25, -0.2) is 13.4 Å². The molecule has 28 heavy (non-hydrogen) atoms. The molecule has 1 N–H and O–H groups in total. The van der Waals surface area contributed by atoms with Crippen LogP contribution < -0.4 is 10.1 Å². The Morgan fingerprint density at radius 2 is 1.93 bits per heavy atom. The molecule has 1 aromatic carbocycles. The Morgan fingerprint density at radius 3 is 2.61 bits per heavy atom. The van der Waals surface area contributed by atoms with E-state index >= 15 is 0 Å². The first-order chi connectivity index (χ1) is 13.3. The number of hydrogen-bond acceptors (Lipinski definition) is 6. The molecule has 0 fully saturated rings. The molecular weight excluding hydrogens is 382 g/mol. The zero-order chi connectivity index (χ0) is 20.7. The van der Waals surface area contributed by atoms with Crippen molar-refractivity contribution in [1.82, 2.24) is 9.29 Å². The Bertz CT molecular complexity index is 931. The molecule has 1 aromatic heterocycles. The van der Waals surface area contributed by atoms with Gasteiger partial charge in [0.1, 0.15) is 12.3 Å². The first-order valence-electron chi connectivity index (χ1n) is 8.66. The van der Waals surface area contributed by atoms with Crippen molar-refractivity contribution in [2.24, 2.45) is 0 Å². The third kappa shape index (κ3) is 5.51. The fourth-order valence-corrected chi connectivity index (χ4v) is 3.57. The summed E-state index contributed by atoms with van der Waals surface area (Å²) in [5.74, 6) is -0.257.